The summed E-state index contributed by atoms with van der Waals surface area (Å²) in [6, 6.07) is 10.3. The van der Waals surface area contributed by atoms with E-state index in [1.807, 2.05) is 0 Å². The number of nitrogens with zero attached hydrogens (tertiary/aromatic N) is 3. The fraction of sp³-hybridized carbons (Fsp3) is 0.222. The van der Waals surface area contributed by atoms with Gasteiger partial charge in [0.2, 0.25) is 0 Å². The van der Waals surface area contributed by atoms with Gasteiger partial charge < -0.3 is 20.5 Å². The summed E-state index contributed by atoms with van der Waals surface area (Å²) < 4.78 is 83.3. The molecular weight excluding hydrogens is 537 g/mol. The van der Waals surface area contributed by atoms with Gasteiger partial charge in [0.05, 0.1) is 17.4 Å². The Hall–Kier alpha value is -4.52. The molecule has 1 saturated heterocycles. The third-order valence-electron chi connectivity index (χ3n) is 6.36. The van der Waals surface area contributed by atoms with Crippen LogP contribution in [0.25, 0.3) is 5.69 Å². The molecule has 1 amide bonds. The molecule has 1 fully saturated rings. The Morgan fingerprint density at radius 2 is 1.75 bits per heavy atom. The molecule has 8 nitrogen and oxygen atoms in total. The first-order valence-electron chi connectivity index (χ1n) is 12.1. The van der Waals surface area contributed by atoms with Gasteiger partial charge in [-0.05, 0) is 37.0 Å². The lowest BCUT2D eigenvalue weighted by Crippen LogP contribution is -2.21. The number of carbonyl (C=O) groups is 1. The Labute approximate surface area is 224 Å². The number of nitrogen functional groups attached to an aromatic ring is 1. The summed E-state index contributed by atoms with van der Waals surface area (Å²) in [4.78, 5) is 16.9. The quantitative estimate of drug-likeness (QED) is 0.277. The Morgan fingerprint density at radius 3 is 2.40 bits per heavy atom. The van der Waals surface area contributed by atoms with Gasteiger partial charge in [0.1, 0.15) is 11.6 Å². The molecule has 3 N–H and O–H groups in total. The van der Waals surface area contributed by atoms with Crippen molar-refractivity contribution in [2.45, 2.75) is 24.9 Å². The van der Waals surface area contributed by atoms with Crippen molar-refractivity contribution in [3.05, 3.63) is 89.4 Å². The van der Waals surface area contributed by atoms with E-state index in [4.69, 9.17) is 15.2 Å². The van der Waals surface area contributed by atoms with Crippen molar-refractivity contribution >= 4 is 17.4 Å². The normalized spacial score (nSPS) is 14.2. The number of ether oxygens (including phenoxy) is 2. The van der Waals surface area contributed by atoms with Crippen LogP contribution in [0.15, 0.2) is 60.9 Å². The van der Waals surface area contributed by atoms with Crippen molar-refractivity contribution < 1.29 is 36.2 Å². The average Bonchev–Trinajstić information content (AvgIpc) is 3.38. The van der Waals surface area contributed by atoms with Crippen molar-refractivity contribution in [1.29, 1.82) is 0 Å². The number of nitrogens with two attached hydrogens (primary N) is 1. The molecule has 0 aliphatic carbocycles. The van der Waals surface area contributed by atoms with Gasteiger partial charge in [0.25, 0.3) is 5.91 Å². The number of hydrogen-bond acceptors (Lipinski definition) is 6. The van der Waals surface area contributed by atoms with E-state index in [-0.39, 0.29) is 23.2 Å². The number of halogens is 5. The number of carbonyl (C=O) groups excluding carboxylic acids is 1. The zero-order chi connectivity index (χ0) is 28.4. The van der Waals surface area contributed by atoms with E-state index in [1.54, 1.807) is 6.07 Å². The predicted molar refractivity (Wildman–Crippen MR) is 134 cm³/mol. The van der Waals surface area contributed by atoms with Crippen LogP contribution < -0.4 is 15.8 Å². The maximum Gasteiger partial charge on any atom is 0.434 e. The summed E-state index contributed by atoms with van der Waals surface area (Å²) in [5, 5.41) is 5.82. The van der Waals surface area contributed by atoms with Crippen LogP contribution in [-0.2, 0) is 10.9 Å². The van der Waals surface area contributed by atoms with Crippen LogP contribution in [-0.4, -0.2) is 33.9 Å². The predicted octanol–water partition coefficient (Wildman–Crippen LogP) is 6.09. The van der Waals surface area contributed by atoms with E-state index in [0.29, 0.717) is 36.3 Å². The van der Waals surface area contributed by atoms with Crippen LogP contribution >= 0.6 is 0 Å². The van der Waals surface area contributed by atoms with Gasteiger partial charge in [-0.1, -0.05) is 18.2 Å². The molecule has 0 radical (unpaired) electrons. The van der Waals surface area contributed by atoms with Crippen molar-refractivity contribution in [3.63, 3.8) is 0 Å². The molecule has 0 atom stereocenters. The zero-order valence-electron chi connectivity index (χ0n) is 20.7. The third kappa shape index (κ3) is 5.45. The van der Waals surface area contributed by atoms with Crippen LogP contribution in [0, 0.1) is 11.6 Å². The minimum Gasteiger partial charge on any atom is -0.451 e. The molecule has 0 saturated carbocycles. The minimum absolute atomic E-state index is 0.0735. The second-order valence-electron chi connectivity index (χ2n) is 8.97. The largest absolute Gasteiger partial charge is 0.451 e. The highest BCUT2D eigenvalue weighted by Gasteiger charge is 2.40. The van der Waals surface area contributed by atoms with Gasteiger partial charge in [0, 0.05) is 42.8 Å². The van der Waals surface area contributed by atoms with Crippen LogP contribution in [0.2, 0.25) is 0 Å². The lowest BCUT2D eigenvalue weighted by atomic mass is 9.91. The highest BCUT2D eigenvalue weighted by Crippen LogP contribution is 2.40. The van der Waals surface area contributed by atoms with Gasteiger partial charge in [-0.3, -0.25) is 4.79 Å². The second kappa shape index (κ2) is 10.9. The second-order valence-corrected chi connectivity index (χ2v) is 8.97. The molecule has 2 aromatic heterocycles. The molecule has 2 aromatic carbocycles. The molecule has 1 aliphatic heterocycles. The summed E-state index contributed by atoms with van der Waals surface area (Å²) in [6.07, 6.45) is -1.65. The standard InChI is InChI=1S/C27H22F5N5O3/c28-19-12-16(36-26(38)18-14-35-37(24(18)27(30,31)32)17-4-2-1-3-5-17)13-20(29)23(19)40-21-6-9-34-25(33)22(21)15-7-10-39-11-8-15/h1-6,9,12-15H,7-8,10-11H2,(H2,33,34)(H,36,38). The molecule has 1 aliphatic rings. The maximum atomic E-state index is 15.0. The number of pyridine rings is 1. The fourth-order valence-corrected chi connectivity index (χ4v) is 4.55. The summed E-state index contributed by atoms with van der Waals surface area (Å²) in [5.41, 5.74) is 4.02. The summed E-state index contributed by atoms with van der Waals surface area (Å²) in [7, 11) is 0. The molecule has 0 spiro atoms. The lowest BCUT2D eigenvalue weighted by Gasteiger charge is -2.25. The Morgan fingerprint density at radius 1 is 1.07 bits per heavy atom. The molecule has 40 heavy (non-hydrogen) atoms. The number of para-hydroxylation sites is 1. The number of benzene rings is 2. The highest BCUT2D eigenvalue weighted by atomic mass is 19.4. The van der Waals surface area contributed by atoms with Gasteiger partial charge in [-0.15, -0.1) is 0 Å². The lowest BCUT2D eigenvalue weighted by molar-refractivity contribution is -0.143. The Bertz CT molecular complexity index is 1510. The van der Waals surface area contributed by atoms with Crippen LogP contribution in [0.5, 0.6) is 11.5 Å². The van der Waals surface area contributed by atoms with Crippen molar-refractivity contribution in [2.24, 2.45) is 0 Å². The zero-order valence-corrected chi connectivity index (χ0v) is 20.7. The molecule has 3 heterocycles. The highest BCUT2D eigenvalue weighted by molar-refractivity contribution is 6.05. The van der Waals surface area contributed by atoms with E-state index >= 15 is 8.78 Å². The first-order valence-corrected chi connectivity index (χ1v) is 12.1. The summed E-state index contributed by atoms with van der Waals surface area (Å²) in [6.45, 7) is 0.964. The fourth-order valence-electron chi connectivity index (χ4n) is 4.55. The van der Waals surface area contributed by atoms with Gasteiger partial charge >= 0.3 is 6.18 Å². The summed E-state index contributed by atoms with van der Waals surface area (Å²) >= 11 is 0. The van der Waals surface area contributed by atoms with E-state index in [0.717, 1.165) is 18.3 Å². The van der Waals surface area contributed by atoms with E-state index in [1.165, 1.54) is 36.5 Å². The molecule has 13 heteroatoms. The number of amides is 1. The number of hydrogen-bond donors (Lipinski definition) is 2. The molecule has 208 valence electrons. The van der Waals surface area contributed by atoms with Crippen LogP contribution in [0.3, 0.4) is 0 Å². The number of rotatable bonds is 6. The number of nitrogens with one attached hydrogen (secondary N) is 1. The third-order valence-corrected chi connectivity index (χ3v) is 6.36. The van der Waals surface area contributed by atoms with Gasteiger partial charge in [-0.25, -0.2) is 18.4 Å². The monoisotopic (exact) mass is 559 g/mol. The smallest absolute Gasteiger partial charge is 0.434 e. The first-order chi connectivity index (χ1) is 19.1. The average molecular weight is 559 g/mol. The molecular formula is C27H22F5N5O3. The SMILES string of the molecule is Nc1nccc(Oc2c(F)cc(NC(=O)c3cnn(-c4ccccc4)c3C(F)(F)F)cc2F)c1C1CCOCC1. The maximum absolute atomic E-state index is 15.0. The molecule has 5 rings (SSSR count). The topological polar surface area (TPSA) is 104 Å². The Kier molecular flexibility index (Phi) is 7.39. The van der Waals surface area contributed by atoms with Crippen LogP contribution in [0.1, 0.15) is 40.4 Å². The first kappa shape index (κ1) is 27.1. The van der Waals surface area contributed by atoms with E-state index < -0.39 is 46.4 Å². The Balaban J connectivity index is 1.42. The van der Waals surface area contributed by atoms with Crippen molar-refractivity contribution in [1.82, 2.24) is 14.8 Å². The minimum atomic E-state index is -4.96. The molecule has 4 aromatic rings. The number of anilines is 2. The van der Waals surface area contributed by atoms with Gasteiger partial charge in [-0.2, -0.15) is 18.3 Å². The summed E-state index contributed by atoms with van der Waals surface area (Å²) in [5.74, 6) is -4.25. The number of alkyl halides is 3. The van der Waals surface area contributed by atoms with Crippen LogP contribution in [0.4, 0.5) is 33.5 Å². The van der Waals surface area contributed by atoms with E-state index in [2.05, 4.69) is 15.4 Å². The number of aromatic nitrogens is 3. The van der Waals surface area contributed by atoms with Gasteiger partial charge in [0.15, 0.2) is 23.1 Å². The van der Waals surface area contributed by atoms with Crippen molar-refractivity contribution in [2.75, 3.05) is 24.3 Å². The molecule has 0 bridgehead atoms. The molecule has 0 unspecified atom stereocenters. The van der Waals surface area contributed by atoms with Crippen molar-refractivity contribution in [3.8, 4) is 17.2 Å². The van der Waals surface area contributed by atoms with E-state index in [9.17, 15) is 18.0 Å².